The van der Waals surface area contributed by atoms with Crippen LogP contribution in [0.15, 0.2) is 43.1 Å². The van der Waals surface area contributed by atoms with Crippen LogP contribution in [-0.4, -0.2) is 31.2 Å². The van der Waals surface area contributed by atoms with Crippen molar-refractivity contribution in [2.24, 2.45) is 11.1 Å². The predicted molar refractivity (Wildman–Crippen MR) is 118 cm³/mol. The van der Waals surface area contributed by atoms with Crippen molar-refractivity contribution < 1.29 is 9.53 Å². The Morgan fingerprint density at radius 2 is 2.17 bits per heavy atom. The fraction of sp³-hybridized carbons (Fsp3) is 0.417. The summed E-state index contributed by atoms with van der Waals surface area (Å²) in [5.74, 6) is -0.243. The van der Waals surface area contributed by atoms with Crippen molar-refractivity contribution in [1.29, 1.82) is 0 Å². The van der Waals surface area contributed by atoms with Gasteiger partial charge < -0.3 is 15.8 Å². The molecule has 1 aliphatic carbocycles. The van der Waals surface area contributed by atoms with Crippen LogP contribution < -0.4 is 11.1 Å². The molecule has 1 atom stereocenters. The molecule has 5 nitrogen and oxygen atoms in total. The first-order valence-corrected chi connectivity index (χ1v) is 10.1. The molecule has 5 heteroatoms. The average molecular weight is 394 g/mol. The second-order valence-corrected chi connectivity index (χ2v) is 8.56. The zero-order valence-corrected chi connectivity index (χ0v) is 17.6. The van der Waals surface area contributed by atoms with Crippen molar-refractivity contribution in [3.63, 3.8) is 0 Å². The van der Waals surface area contributed by atoms with Crippen molar-refractivity contribution in [2.75, 3.05) is 25.6 Å². The number of primary amides is 1. The summed E-state index contributed by atoms with van der Waals surface area (Å²) in [5.41, 5.74) is 11.4. The number of nitrogens with two attached hydrogens (primary N) is 1. The summed E-state index contributed by atoms with van der Waals surface area (Å²) in [6.07, 6.45) is 4.69. The van der Waals surface area contributed by atoms with Gasteiger partial charge in [-0.3, -0.25) is 9.78 Å². The second-order valence-electron chi connectivity index (χ2n) is 8.56. The molecule has 2 aromatic rings. The van der Waals surface area contributed by atoms with Crippen LogP contribution in [0, 0.1) is 5.41 Å². The van der Waals surface area contributed by atoms with E-state index in [0.717, 1.165) is 41.8 Å². The van der Waals surface area contributed by atoms with Crippen LogP contribution >= 0.6 is 0 Å². The van der Waals surface area contributed by atoms with E-state index in [1.54, 1.807) is 13.2 Å². The molecule has 0 radical (unpaired) electrons. The number of carbonyl (C=O) groups is 1. The first kappa shape index (κ1) is 21.1. The van der Waals surface area contributed by atoms with Crippen LogP contribution in [0.3, 0.4) is 0 Å². The maximum atomic E-state index is 11.9. The van der Waals surface area contributed by atoms with E-state index in [2.05, 4.69) is 36.8 Å². The third-order valence-corrected chi connectivity index (χ3v) is 5.62. The van der Waals surface area contributed by atoms with Gasteiger partial charge in [0.1, 0.15) is 0 Å². The van der Waals surface area contributed by atoms with Crippen LogP contribution in [-0.2, 0) is 11.2 Å². The Hall–Kier alpha value is -2.66. The van der Waals surface area contributed by atoms with E-state index in [-0.39, 0.29) is 11.3 Å². The van der Waals surface area contributed by atoms with E-state index in [9.17, 15) is 4.79 Å². The molecule has 1 heterocycles. The molecule has 0 spiro atoms. The fourth-order valence-electron chi connectivity index (χ4n) is 4.16. The van der Waals surface area contributed by atoms with Gasteiger partial charge >= 0.3 is 0 Å². The van der Waals surface area contributed by atoms with Crippen LogP contribution in [0.2, 0.25) is 0 Å². The highest BCUT2D eigenvalue weighted by atomic mass is 16.5. The molecule has 0 saturated carbocycles. The highest BCUT2D eigenvalue weighted by Crippen LogP contribution is 2.47. The van der Waals surface area contributed by atoms with Crippen LogP contribution in [0.4, 0.5) is 5.69 Å². The van der Waals surface area contributed by atoms with Crippen molar-refractivity contribution in [1.82, 2.24) is 4.98 Å². The summed E-state index contributed by atoms with van der Waals surface area (Å²) in [6, 6.07) is 9.89. The minimum Gasteiger partial charge on any atom is -0.385 e. The molecule has 1 aliphatic rings. The third-order valence-electron chi connectivity index (χ3n) is 5.62. The molecule has 1 unspecified atom stereocenters. The number of ether oxygens (including phenoxy) is 1. The summed E-state index contributed by atoms with van der Waals surface area (Å²) in [4.78, 5) is 16.5. The Labute approximate surface area is 173 Å². The lowest BCUT2D eigenvalue weighted by Crippen LogP contribution is -2.27. The van der Waals surface area contributed by atoms with Crippen LogP contribution in [0.25, 0.3) is 5.57 Å². The number of carbonyl (C=O) groups excluding carboxylic acids is 1. The first-order valence-electron chi connectivity index (χ1n) is 10.1. The maximum absolute atomic E-state index is 11.9. The van der Waals surface area contributed by atoms with Gasteiger partial charge in [-0.15, -0.1) is 0 Å². The number of aromatic nitrogens is 1. The molecule has 3 N–H and O–H groups in total. The second kappa shape index (κ2) is 8.78. The molecule has 154 valence electrons. The van der Waals surface area contributed by atoms with E-state index in [1.165, 1.54) is 5.56 Å². The lowest BCUT2D eigenvalue weighted by Gasteiger charge is -2.37. The van der Waals surface area contributed by atoms with Crippen LogP contribution in [0.5, 0.6) is 0 Å². The summed E-state index contributed by atoms with van der Waals surface area (Å²) in [7, 11) is 1.68. The molecular formula is C24H31N3O2. The molecule has 1 aromatic heterocycles. The number of hydrogen-bond donors (Lipinski definition) is 2. The van der Waals surface area contributed by atoms with Gasteiger partial charge in [0.05, 0.1) is 5.56 Å². The number of methoxy groups -OCH3 is 1. The Kier molecular flexibility index (Phi) is 6.38. The lowest BCUT2D eigenvalue weighted by molar-refractivity contribution is 0.100. The van der Waals surface area contributed by atoms with E-state index in [1.807, 2.05) is 24.4 Å². The number of allylic oxidation sites excluding steroid dienone is 1. The van der Waals surface area contributed by atoms with Gasteiger partial charge in [-0.05, 0) is 59.6 Å². The van der Waals surface area contributed by atoms with Crippen LogP contribution in [0.1, 0.15) is 59.8 Å². The standard InChI is InChI=1S/C24H31N3O2/c1-16(20-14-24(2,3)15-22-18(20)7-5-10-27-22)17-8-9-19(23(25)28)21(13-17)26-11-6-12-29-4/h5,7-10,13,20,26H,1,6,11-12,14-15H2,2-4H3,(H2,25,28). The van der Waals surface area contributed by atoms with Gasteiger partial charge in [0.15, 0.2) is 0 Å². The molecule has 0 bridgehead atoms. The Balaban J connectivity index is 1.91. The number of pyridine rings is 1. The summed E-state index contributed by atoms with van der Waals surface area (Å²) in [6.45, 7) is 10.4. The zero-order chi connectivity index (χ0) is 21.0. The van der Waals surface area contributed by atoms with Gasteiger partial charge in [-0.25, -0.2) is 0 Å². The SMILES string of the molecule is C=C(c1ccc(C(N)=O)c(NCCCOC)c1)C1CC(C)(C)Cc2ncccc21. The van der Waals surface area contributed by atoms with Crippen molar-refractivity contribution in [3.8, 4) is 0 Å². The number of hydrogen-bond acceptors (Lipinski definition) is 4. The molecule has 0 fully saturated rings. The monoisotopic (exact) mass is 393 g/mol. The topological polar surface area (TPSA) is 77.2 Å². The zero-order valence-electron chi connectivity index (χ0n) is 17.6. The number of benzene rings is 1. The van der Waals surface area contributed by atoms with E-state index in [0.29, 0.717) is 18.7 Å². The normalized spacial score (nSPS) is 17.4. The minimum absolute atomic E-state index is 0.156. The van der Waals surface area contributed by atoms with E-state index < -0.39 is 5.91 Å². The number of amides is 1. The number of nitrogens with one attached hydrogen (secondary N) is 1. The molecule has 1 amide bonds. The smallest absolute Gasteiger partial charge is 0.250 e. The average Bonchev–Trinajstić information content (AvgIpc) is 2.69. The molecule has 29 heavy (non-hydrogen) atoms. The number of rotatable bonds is 8. The van der Waals surface area contributed by atoms with Crippen molar-refractivity contribution in [2.45, 2.75) is 39.0 Å². The van der Waals surface area contributed by atoms with Gasteiger partial charge in [0.25, 0.3) is 5.91 Å². The maximum Gasteiger partial charge on any atom is 0.250 e. The Morgan fingerprint density at radius 1 is 1.38 bits per heavy atom. The number of nitrogens with zero attached hydrogens (tertiary/aromatic N) is 1. The summed E-state index contributed by atoms with van der Waals surface area (Å²) in [5, 5.41) is 3.33. The predicted octanol–water partition coefficient (Wildman–Crippen LogP) is 4.40. The largest absolute Gasteiger partial charge is 0.385 e. The van der Waals surface area contributed by atoms with Gasteiger partial charge in [-0.2, -0.15) is 0 Å². The van der Waals surface area contributed by atoms with E-state index in [4.69, 9.17) is 10.5 Å². The Bertz CT molecular complexity index is 905. The minimum atomic E-state index is -0.440. The quantitative estimate of drug-likeness (QED) is 0.652. The fourth-order valence-corrected chi connectivity index (χ4v) is 4.16. The number of fused-ring (bicyclic) bond motifs is 1. The van der Waals surface area contributed by atoms with Gasteiger partial charge in [0, 0.05) is 43.8 Å². The number of anilines is 1. The van der Waals surface area contributed by atoms with Gasteiger partial charge in [-0.1, -0.05) is 32.6 Å². The third kappa shape index (κ3) is 4.85. The molecule has 0 saturated heterocycles. The molecule has 1 aromatic carbocycles. The lowest BCUT2D eigenvalue weighted by atomic mass is 9.68. The Morgan fingerprint density at radius 3 is 2.90 bits per heavy atom. The first-order chi connectivity index (χ1) is 13.8. The molecule has 0 aliphatic heterocycles. The highest BCUT2D eigenvalue weighted by Gasteiger charge is 2.34. The summed E-state index contributed by atoms with van der Waals surface area (Å²) >= 11 is 0. The van der Waals surface area contributed by atoms with Gasteiger partial charge in [0.2, 0.25) is 0 Å². The highest BCUT2D eigenvalue weighted by molar-refractivity contribution is 5.99. The molecule has 3 rings (SSSR count). The van der Waals surface area contributed by atoms with Crippen molar-refractivity contribution in [3.05, 3.63) is 65.5 Å². The van der Waals surface area contributed by atoms with E-state index >= 15 is 0 Å². The molecular weight excluding hydrogens is 362 g/mol. The summed E-state index contributed by atoms with van der Waals surface area (Å²) < 4.78 is 5.10. The van der Waals surface area contributed by atoms with Crippen molar-refractivity contribution >= 4 is 17.2 Å².